The molecular weight excluding hydrogens is 355 g/mol. The highest BCUT2D eigenvalue weighted by atomic mass is 32.2. The topological polar surface area (TPSA) is 26.3 Å². The Morgan fingerprint density at radius 2 is 1.72 bits per heavy atom. The first kappa shape index (κ1) is 17.7. The van der Waals surface area contributed by atoms with Gasteiger partial charge in [-0.3, -0.25) is 0 Å². The van der Waals surface area contributed by atoms with E-state index in [1.807, 2.05) is 23.8 Å². The largest absolute Gasteiger partial charge is 0.462 e. The Kier molecular flexibility index (Phi) is 5.56. The number of hydrogen-bond donors (Lipinski definition) is 0. The van der Waals surface area contributed by atoms with E-state index in [2.05, 4.69) is 12.1 Å². The Hall–Kier alpha value is -2.11. The Morgan fingerprint density at radius 1 is 1.08 bits per heavy atom. The van der Waals surface area contributed by atoms with Gasteiger partial charge in [0, 0.05) is 21.4 Å². The van der Waals surface area contributed by atoms with Crippen LogP contribution in [0.4, 0.5) is 4.39 Å². The molecule has 2 nitrogen and oxygen atoms in total. The minimum atomic E-state index is -0.348. The Balaban J connectivity index is 2.14. The highest BCUT2D eigenvalue weighted by molar-refractivity contribution is 7.98. The molecule has 0 aliphatic carbocycles. The highest BCUT2D eigenvalue weighted by Gasteiger charge is 2.21. The summed E-state index contributed by atoms with van der Waals surface area (Å²) >= 11 is 3.03. The maximum atomic E-state index is 13.3. The van der Waals surface area contributed by atoms with Crippen molar-refractivity contribution in [3.05, 3.63) is 64.6 Å². The second kappa shape index (κ2) is 7.85. The van der Waals surface area contributed by atoms with E-state index >= 15 is 0 Å². The molecule has 25 heavy (non-hydrogen) atoms. The van der Waals surface area contributed by atoms with Crippen molar-refractivity contribution in [1.29, 1.82) is 0 Å². The second-order valence-electron chi connectivity index (χ2n) is 5.31. The van der Waals surface area contributed by atoms with Gasteiger partial charge in [-0.05, 0) is 48.6 Å². The van der Waals surface area contributed by atoms with Crippen LogP contribution >= 0.6 is 23.1 Å². The van der Waals surface area contributed by atoms with Crippen molar-refractivity contribution < 1.29 is 13.9 Å². The molecule has 0 saturated carbocycles. The lowest BCUT2D eigenvalue weighted by Gasteiger charge is -2.09. The number of rotatable bonds is 5. The first-order valence-corrected chi connectivity index (χ1v) is 9.93. The van der Waals surface area contributed by atoms with E-state index in [-0.39, 0.29) is 11.8 Å². The molecule has 0 spiro atoms. The van der Waals surface area contributed by atoms with Gasteiger partial charge in [-0.25, -0.2) is 9.18 Å². The fourth-order valence-electron chi connectivity index (χ4n) is 2.59. The molecule has 0 aliphatic rings. The zero-order valence-electron chi connectivity index (χ0n) is 13.9. The van der Waals surface area contributed by atoms with Gasteiger partial charge >= 0.3 is 5.97 Å². The van der Waals surface area contributed by atoms with Crippen molar-refractivity contribution in [2.75, 3.05) is 12.9 Å². The average molecular weight is 372 g/mol. The quantitative estimate of drug-likeness (QED) is 0.399. The number of carbonyl (C=O) groups excluding carboxylic acids is 1. The lowest BCUT2D eigenvalue weighted by molar-refractivity contribution is 0.0533. The molecular formula is C20H17FO2S2. The van der Waals surface area contributed by atoms with E-state index in [0.717, 1.165) is 22.3 Å². The van der Waals surface area contributed by atoms with Crippen LogP contribution in [0.5, 0.6) is 0 Å². The number of esters is 1. The number of halogens is 1. The van der Waals surface area contributed by atoms with Gasteiger partial charge in [0.15, 0.2) is 0 Å². The van der Waals surface area contributed by atoms with E-state index in [0.29, 0.717) is 11.5 Å². The molecule has 0 fully saturated rings. The maximum absolute atomic E-state index is 13.3. The van der Waals surface area contributed by atoms with Crippen molar-refractivity contribution in [2.24, 2.45) is 0 Å². The van der Waals surface area contributed by atoms with Crippen molar-refractivity contribution in [2.45, 2.75) is 11.8 Å². The van der Waals surface area contributed by atoms with E-state index in [1.165, 1.54) is 28.4 Å². The number of benzene rings is 2. The van der Waals surface area contributed by atoms with Crippen LogP contribution in [0.1, 0.15) is 16.6 Å². The highest BCUT2D eigenvalue weighted by Crippen LogP contribution is 2.40. The minimum absolute atomic E-state index is 0.303. The predicted molar refractivity (Wildman–Crippen MR) is 103 cm³/mol. The van der Waals surface area contributed by atoms with Gasteiger partial charge in [0.1, 0.15) is 10.7 Å². The first-order chi connectivity index (χ1) is 12.1. The summed E-state index contributed by atoms with van der Waals surface area (Å²) in [6.07, 6.45) is 2.03. The molecule has 0 unspecified atom stereocenters. The molecule has 0 saturated heterocycles. The van der Waals surface area contributed by atoms with Gasteiger partial charge < -0.3 is 4.74 Å². The normalized spacial score (nSPS) is 10.7. The van der Waals surface area contributed by atoms with Crippen molar-refractivity contribution in [3.63, 3.8) is 0 Å². The van der Waals surface area contributed by atoms with Gasteiger partial charge in [0.25, 0.3) is 0 Å². The molecule has 0 aliphatic heterocycles. The first-order valence-electron chi connectivity index (χ1n) is 7.83. The molecule has 1 heterocycles. The molecule has 0 amide bonds. The summed E-state index contributed by atoms with van der Waals surface area (Å²) in [6, 6.07) is 14.4. The zero-order chi connectivity index (χ0) is 17.8. The number of ether oxygens (including phenoxy) is 1. The van der Waals surface area contributed by atoms with Crippen LogP contribution in [-0.4, -0.2) is 18.8 Å². The number of hydrogen-bond acceptors (Lipinski definition) is 4. The molecule has 1 aromatic heterocycles. The smallest absolute Gasteiger partial charge is 0.348 e. The number of carbonyl (C=O) groups is 1. The summed E-state index contributed by atoms with van der Waals surface area (Å²) in [7, 11) is 0. The van der Waals surface area contributed by atoms with Gasteiger partial charge in [-0.15, -0.1) is 23.1 Å². The summed E-state index contributed by atoms with van der Waals surface area (Å²) in [5.74, 6) is -0.652. The van der Waals surface area contributed by atoms with Crippen molar-refractivity contribution in [1.82, 2.24) is 0 Å². The van der Waals surface area contributed by atoms with Crippen molar-refractivity contribution >= 4 is 29.1 Å². The molecule has 3 rings (SSSR count). The monoisotopic (exact) mass is 372 g/mol. The van der Waals surface area contributed by atoms with Crippen LogP contribution in [0.3, 0.4) is 0 Å². The average Bonchev–Trinajstić information content (AvgIpc) is 3.08. The molecule has 3 aromatic rings. The summed E-state index contributed by atoms with van der Waals surface area (Å²) < 4.78 is 18.5. The molecule has 0 N–H and O–H groups in total. The van der Waals surface area contributed by atoms with E-state index < -0.39 is 0 Å². The van der Waals surface area contributed by atoms with E-state index in [4.69, 9.17) is 4.74 Å². The Morgan fingerprint density at radius 3 is 2.32 bits per heavy atom. The SMILES string of the molecule is CCOC(=O)c1scc(-c2ccc(SC)cc2)c1-c1ccc(F)cc1. The zero-order valence-corrected chi connectivity index (χ0v) is 15.5. The minimum Gasteiger partial charge on any atom is -0.462 e. The van der Waals surface area contributed by atoms with Gasteiger partial charge in [-0.1, -0.05) is 24.3 Å². The lowest BCUT2D eigenvalue weighted by Crippen LogP contribution is -2.04. The van der Waals surface area contributed by atoms with Gasteiger partial charge in [0.05, 0.1) is 6.61 Å². The fourth-order valence-corrected chi connectivity index (χ4v) is 3.99. The second-order valence-corrected chi connectivity index (χ2v) is 7.07. The summed E-state index contributed by atoms with van der Waals surface area (Å²) in [6.45, 7) is 2.10. The molecule has 0 atom stereocenters. The molecule has 0 bridgehead atoms. The Labute approximate surface area is 154 Å². The lowest BCUT2D eigenvalue weighted by atomic mass is 9.97. The van der Waals surface area contributed by atoms with Crippen molar-refractivity contribution in [3.8, 4) is 22.3 Å². The van der Waals surface area contributed by atoms with Gasteiger partial charge in [0.2, 0.25) is 0 Å². The van der Waals surface area contributed by atoms with Crippen LogP contribution < -0.4 is 0 Å². The van der Waals surface area contributed by atoms with E-state index in [9.17, 15) is 9.18 Å². The number of thiophene rings is 1. The maximum Gasteiger partial charge on any atom is 0.348 e. The summed E-state index contributed by atoms with van der Waals surface area (Å²) in [5.41, 5.74) is 3.56. The molecule has 0 radical (unpaired) electrons. The van der Waals surface area contributed by atoms with Crippen LogP contribution in [0, 0.1) is 5.82 Å². The fraction of sp³-hybridized carbons (Fsp3) is 0.150. The summed E-state index contributed by atoms with van der Waals surface area (Å²) in [4.78, 5) is 14.1. The number of thioether (sulfide) groups is 1. The standard InChI is InChI=1S/C20H17FO2S2/c1-3-23-20(22)19-18(14-4-8-15(21)9-5-14)17(12-25-19)13-6-10-16(24-2)11-7-13/h4-12H,3H2,1-2H3. The third-order valence-corrected chi connectivity index (χ3v) is 5.49. The van der Waals surface area contributed by atoms with E-state index in [1.54, 1.807) is 30.8 Å². The van der Waals surface area contributed by atoms with Gasteiger partial charge in [-0.2, -0.15) is 0 Å². The molecule has 128 valence electrons. The molecule has 5 heteroatoms. The summed E-state index contributed by atoms with van der Waals surface area (Å²) in [5, 5.41) is 1.96. The molecule has 2 aromatic carbocycles. The van der Waals surface area contributed by atoms with Crippen LogP contribution in [-0.2, 0) is 4.74 Å². The van der Waals surface area contributed by atoms with Crippen LogP contribution in [0.25, 0.3) is 22.3 Å². The van der Waals surface area contributed by atoms with Crippen LogP contribution in [0.2, 0.25) is 0 Å². The Bertz CT molecular complexity index is 868. The van der Waals surface area contributed by atoms with Crippen LogP contribution in [0.15, 0.2) is 58.8 Å². The predicted octanol–water partition coefficient (Wildman–Crippen LogP) is 6.12. The third kappa shape index (κ3) is 3.78. The third-order valence-electron chi connectivity index (χ3n) is 3.79.